The van der Waals surface area contributed by atoms with Gasteiger partial charge in [0.2, 0.25) is 0 Å². The first kappa shape index (κ1) is 15.5. The second-order valence-electron chi connectivity index (χ2n) is 6.79. The lowest BCUT2D eigenvalue weighted by Gasteiger charge is -2.34. The summed E-state index contributed by atoms with van der Waals surface area (Å²) < 4.78 is 5.61. The summed E-state index contributed by atoms with van der Waals surface area (Å²) in [6.45, 7) is 6.89. The van der Waals surface area contributed by atoms with E-state index in [0.29, 0.717) is 6.04 Å². The molecule has 4 nitrogen and oxygen atoms in total. The van der Waals surface area contributed by atoms with Gasteiger partial charge in [0.25, 0.3) is 0 Å². The molecule has 0 aliphatic heterocycles. The fourth-order valence-corrected chi connectivity index (χ4v) is 4.20. The molecule has 0 bridgehead atoms. The van der Waals surface area contributed by atoms with E-state index in [2.05, 4.69) is 47.0 Å². The molecular formula is C20H25N3O. The molecule has 0 amide bonds. The van der Waals surface area contributed by atoms with Crippen LogP contribution in [-0.2, 0) is 12.8 Å². The minimum atomic E-state index is 0.570. The molecule has 0 fully saturated rings. The molecule has 1 aliphatic rings. The van der Waals surface area contributed by atoms with E-state index >= 15 is 0 Å². The molecule has 0 unspecified atom stereocenters. The summed E-state index contributed by atoms with van der Waals surface area (Å²) in [5.41, 5.74) is 5.28. The number of rotatable bonds is 6. The van der Waals surface area contributed by atoms with Crippen molar-refractivity contribution in [3.63, 3.8) is 0 Å². The van der Waals surface area contributed by atoms with Crippen molar-refractivity contribution >= 4 is 10.9 Å². The molecule has 0 saturated carbocycles. The van der Waals surface area contributed by atoms with Crippen LogP contribution in [0.1, 0.15) is 37.8 Å². The molecule has 1 N–H and O–H groups in total. The highest BCUT2D eigenvalue weighted by molar-refractivity contribution is 5.92. The Labute approximate surface area is 142 Å². The summed E-state index contributed by atoms with van der Waals surface area (Å²) in [5, 5.41) is 1.40. The Kier molecular flexibility index (Phi) is 4.15. The number of hydrogen-bond donors (Lipinski definition) is 1. The van der Waals surface area contributed by atoms with Crippen LogP contribution in [0.25, 0.3) is 22.2 Å². The Hall–Kier alpha value is -2.07. The molecule has 0 spiro atoms. The lowest BCUT2D eigenvalue weighted by Crippen LogP contribution is -2.41. The van der Waals surface area contributed by atoms with Gasteiger partial charge in [-0.25, -0.2) is 4.98 Å². The van der Waals surface area contributed by atoms with Gasteiger partial charge in [0.1, 0.15) is 0 Å². The van der Waals surface area contributed by atoms with Gasteiger partial charge in [-0.15, -0.1) is 0 Å². The van der Waals surface area contributed by atoms with Crippen LogP contribution in [-0.4, -0.2) is 34.0 Å². The normalized spacial score (nSPS) is 17.0. The Morgan fingerprint density at radius 1 is 1.21 bits per heavy atom. The van der Waals surface area contributed by atoms with Gasteiger partial charge in [0, 0.05) is 28.7 Å². The maximum absolute atomic E-state index is 5.61. The highest BCUT2D eigenvalue weighted by Gasteiger charge is 2.28. The number of hydrogen-bond acceptors (Lipinski definition) is 3. The van der Waals surface area contributed by atoms with Crippen LogP contribution in [0.5, 0.6) is 0 Å². The van der Waals surface area contributed by atoms with Crippen molar-refractivity contribution < 1.29 is 4.42 Å². The fraction of sp³-hybridized carbons (Fsp3) is 0.450. The highest BCUT2D eigenvalue weighted by Crippen LogP contribution is 2.37. The van der Waals surface area contributed by atoms with Gasteiger partial charge in [-0.3, -0.25) is 4.90 Å². The number of H-pyrrole nitrogens is 1. The third-order valence-corrected chi connectivity index (χ3v) is 5.17. The summed E-state index contributed by atoms with van der Waals surface area (Å²) in [5.74, 6) is 0.872. The average Bonchev–Trinajstić information content (AvgIpc) is 3.26. The number of aromatic nitrogens is 2. The average molecular weight is 323 g/mol. The number of nitrogens with one attached hydrogen (secondary N) is 1. The smallest absolute Gasteiger partial charge is 0.181 e. The molecule has 1 aromatic carbocycles. The molecule has 3 aromatic rings. The second kappa shape index (κ2) is 6.44. The summed E-state index contributed by atoms with van der Waals surface area (Å²) in [6, 6.07) is 4.90. The van der Waals surface area contributed by atoms with Gasteiger partial charge in [-0.05, 0) is 62.0 Å². The first-order chi connectivity index (χ1) is 11.8. The number of oxazole rings is 1. The Morgan fingerprint density at radius 3 is 2.75 bits per heavy atom. The van der Waals surface area contributed by atoms with Crippen LogP contribution in [0.4, 0.5) is 0 Å². The first-order valence-electron chi connectivity index (χ1n) is 9.06. The third-order valence-electron chi connectivity index (χ3n) is 5.17. The largest absolute Gasteiger partial charge is 0.444 e. The maximum atomic E-state index is 5.61. The van der Waals surface area contributed by atoms with Crippen LogP contribution < -0.4 is 0 Å². The number of nitrogens with zero attached hydrogens (tertiary/aromatic N) is 2. The van der Waals surface area contributed by atoms with Gasteiger partial charge < -0.3 is 9.40 Å². The predicted molar refractivity (Wildman–Crippen MR) is 97.1 cm³/mol. The molecule has 1 atom stereocenters. The van der Waals surface area contributed by atoms with Gasteiger partial charge in [0.15, 0.2) is 12.2 Å². The quantitative estimate of drug-likeness (QED) is 0.730. The van der Waals surface area contributed by atoms with E-state index in [0.717, 1.165) is 18.6 Å². The molecule has 4 heteroatoms. The minimum Gasteiger partial charge on any atom is -0.444 e. The Bertz CT molecular complexity index is 813. The molecule has 2 heterocycles. The van der Waals surface area contributed by atoms with Crippen molar-refractivity contribution in [1.29, 1.82) is 0 Å². The lowest BCUT2D eigenvalue weighted by atomic mass is 9.85. The monoisotopic (exact) mass is 323 g/mol. The van der Waals surface area contributed by atoms with Crippen molar-refractivity contribution in [3.8, 4) is 11.3 Å². The van der Waals surface area contributed by atoms with Gasteiger partial charge >= 0.3 is 0 Å². The Balaban J connectivity index is 1.78. The third kappa shape index (κ3) is 2.55. The van der Waals surface area contributed by atoms with E-state index in [4.69, 9.17) is 4.42 Å². The van der Waals surface area contributed by atoms with Gasteiger partial charge in [-0.2, -0.15) is 0 Å². The number of aromatic amines is 1. The summed E-state index contributed by atoms with van der Waals surface area (Å²) >= 11 is 0. The van der Waals surface area contributed by atoms with Crippen molar-refractivity contribution in [2.24, 2.45) is 0 Å². The summed E-state index contributed by atoms with van der Waals surface area (Å²) in [4.78, 5) is 10.2. The van der Waals surface area contributed by atoms with Crippen molar-refractivity contribution in [1.82, 2.24) is 14.9 Å². The maximum Gasteiger partial charge on any atom is 0.181 e. The molecule has 2 aromatic heterocycles. The molecule has 0 radical (unpaired) electrons. The van der Waals surface area contributed by atoms with E-state index in [1.807, 2.05) is 6.20 Å². The molecule has 0 saturated heterocycles. The van der Waals surface area contributed by atoms with Crippen LogP contribution in [0.3, 0.4) is 0 Å². The zero-order valence-corrected chi connectivity index (χ0v) is 14.5. The van der Waals surface area contributed by atoms with Crippen LogP contribution in [0.15, 0.2) is 35.3 Å². The van der Waals surface area contributed by atoms with Crippen molar-refractivity contribution in [3.05, 3.63) is 42.0 Å². The van der Waals surface area contributed by atoms with Crippen molar-refractivity contribution in [2.75, 3.05) is 13.1 Å². The zero-order chi connectivity index (χ0) is 16.5. The van der Waals surface area contributed by atoms with Gasteiger partial charge in [0.05, 0.1) is 6.20 Å². The molecule has 4 rings (SSSR count). The van der Waals surface area contributed by atoms with E-state index in [-0.39, 0.29) is 0 Å². The van der Waals surface area contributed by atoms with Crippen LogP contribution >= 0.6 is 0 Å². The minimum absolute atomic E-state index is 0.570. The molecule has 126 valence electrons. The van der Waals surface area contributed by atoms with Crippen molar-refractivity contribution in [2.45, 2.75) is 45.6 Å². The predicted octanol–water partition coefficient (Wildman–Crippen LogP) is 4.41. The fourth-order valence-electron chi connectivity index (χ4n) is 4.20. The lowest BCUT2D eigenvalue weighted by molar-refractivity contribution is 0.192. The number of benzene rings is 1. The molecule has 1 aliphatic carbocycles. The Morgan fingerprint density at radius 2 is 2.04 bits per heavy atom. The van der Waals surface area contributed by atoms with E-state index < -0.39 is 0 Å². The standard InChI is InChI=1S/C20H25N3O/c1-3-7-23(8-4-2)15-9-14-11-22-18-6-5-16(17(10-15)20(14)18)19-12-21-13-24-19/h5-6,11-13,15,22H,3-4,7-10H2,1-2H3/t15-/m0/s1. The highest BCUT2D eigenvalue weighted by atomic mass is 16.3. The van der Waals surface area contributed by atoms with Crippen LogP contribution in [0.2, 0.25) is 0 Å². The topological polar surface area (TPSA) is 45.1 Å². The summed E-state index contributed by atoms with van der Waals surface area (Å²) in [6.07, 6.45) is 10.2. The molecular weight excluding hydrogens is 298 g/mol. The first-order valence-corrected chi connectivity index (χ1v) is 9.06. The SMILES string of the molecule is CCCN(CCC)[C@H]1Cc2c[nH]c3ccc(-c4cnco4)c(c23)C1. The van der Waals surface area contributed by atoms with E-state index in [9.17, 15) is 0 Å². The van der Waals surface area contributed by atoms with E-state index in [1.165, 1.54) is 59.9 Å². The molecule has 24 heavy (non-hydrogen) atoms. The van der Waals surface area contributed by atoms with Gasteiger partial charge in [-0.1, -0.05) is 13.8 Å². The summed E-state index contributed by atoms with van der Waals surface area (Å²) in [7, 11) is 0. The second-order valence-corrected chi connectivity index (χ2v) is 6.79. The van der Waals surface area contributed by atoms with E-state index in [1.54, 1.807) is 0 Å². The van der Waals surface area contributed by atoms with Crippen LogP contribution in [0, 0.1) is 0 Å². The zero-order valence-electron chi connectivity index (χ0n) is 14.5.